The van der Waals surface area contributed by atoms with E-state index in [1.54, 1.807) is 23.1 Å². The van der Waals surface area contributed by atoms with Crippen LogP contribution in [-0.2, 0) is 6.18 Å². The Kier molecular flexibility index (Phi) is 5.61. The number of aromatic nitrogens is 1. The van der Waals surface area contributed by atoms with E-state index in [1.807, 2.05) is 4.90 Å². The van der Waals surface area contributed by atoms with E-state index in [-0.39, 0.29) is 5.91 Å². The van der Waals surface area contributed by atoms with Gasteiger partial charge in [-0.05, 0) is 52.9 Å². The van der Waals surface area contributed by atoms with Gasteiger partial charge < -0.3 is 9.80 Å². The van der Waals surface area contributed by atoms with Crippen molar-refractivity contribution in [3.05, 3.63) is 56.2 Å². The monoisotopic (exact) mass is 495 g/mol. The second kappa shape index (κ2) is 7.59. The fourth-order valence-electron chi connectivity index (χ4n) is 2.69. The molecular weight excluding hydrogens is 482 g/mol. The van der Waals surface area contributed by atoms with Gasteiger partial charge in [0, 0.05) is 41.5 Å². The summed E-state index contributed by atoms with van der Waals surface area (Å²) >= 11 is 8.05. The second-order valence-corrected chi connectivity index (χ2v) is 7.38. The summed E-state index contributed by atoms with van der Waals surface area (Å²) in [6, 6.07) is 7.52. The number of carbonyl (C=O) groups excluding carboxylic acids is 1. The fraction of sp³-hybridized carbons (Fsp3) is 0.294. The van der Waals surface area contributed by atoms with Crippen molar-refractivity contribution in [2.75, 3.05) is 31.1 Å². The highest BCUT2D eigenvalue weighted by Crippen LogP contribution is 2.29. The molecule has 0 saturated carbocycles. The van der Waals surface area contributed by atoms with Crippen LogP contribution >= 0.6 is 34.2 Å². The molecule has 138 valence electrons. The minimum Gasteiger partial charge on any atom is -0.353 e. The molecule has 1 saturated heterocycles. The van der Waals surface area contributed by atoms with Gasteiger partial charge in [-0.25, -0.2) is 4.98 Å². The first-order valence-electron chi connectivity index (χ1n) is 7.78. The molecule has 2 heterocycles. The number of rotatable bonds is 2. The molecule has 26 heavy (non-hydrogen) atoms. The standard InChI is InChI=1S/C17H14ClF3IN3O/c18-13-3-1-11(9-14(13)22)16(26)25-7-5-24(6-8-25)15-4-2-12(10-23-15)17(19,20)21/h1-4,9-10H,5-8H2. The normalized spacial score (nSPS) is 15.3. The number of hydrogen-bond donors (Lipinski definition) is 0. The first-order valence-corrected chi connectivity index (χ1v) is 9.24. The van der Waals surface area contributed by atoms with Crippen LogP contribution < -0.4 is 4.90 Å². The SMILES string of the molecule is O=C(c1ccc(Cl)c(I)c1)N1CCN(c2ccc(C(F)(F)F)cn2)CC1. The summed E-state index contributed by atoms with van der Waals surface area (Å²) in [5.74, 6) is 0.394. The van der Waals surface area contributed by atoms with Crippen LogP contribution in [0.4, 0.5) is 19.0 Å². The van der Waals surface area contributed by atoms with Crippen molar-refractivity contribution in [3.63, 3.8) is 0 Å². The maximum absolute atomic E-state index is 12.6. The van der Waals surface area contributed by atoms with Crippen molar-refractivity contribution in [1.82, 2.24) is 9.88 Å². The number of halogens is 5. The van der Waals surface area contributed by atoms with E-state index in [2.05, 4.69) is 27.6 Å². The van der Waals surface area contributed by atoms with Gasteiger partial charge in [-0.1, -0.05) is 11.6 Å². The lowest BCUT2D eigenvalue weighted by molar-refractivity contribution is -0.137. The molecule has 3 rings (SSSR count). The Morgan fingerprint density at radius 2 is 1.81 bits per heavy atom. The highest BCUT2D eigenvalue weighted by atomic mass is 127. The van der Waals surface area contributed by atoms with Crippen LogP contribution in [0.15, 0.2) is 36.5 Å². The zero-order chi connectivity index (χ0) is 18.9. The van der Waals surface area contributed by atoms with Crippen LogP contribution in [-0.4, -0.2) is 42.0 Å². The Bertz CT molecular complexity index is 806. The molecule has 0 aliphatic carbocycles. The molecule has 0 bridgehead atoms. The summed E-state index contributed by atoms with van der Waals surface area (Å²) in [4.78, 5) is 20.1. The van der Waals surface area contributed by atoms with Crippen molar-refractivity contribution in [2.45, 2.75) is 6.18 Å². The third-order valence-electron chi connectivity index (χ3n) is 4.13. The number of amides is 1. The van der Waals surface area contributed by atoms with Crippen molar-refractivity contribution in [3.8, 4) is 0 Å². The summed E-state index contributed by atoms with van der Waals surface area (Å²) in [7, 11) is 0. The van der Waals surface area contributed by atoms with Gasteiger partial charge >= 0.3 is 6.18 Å². The van der Waals surface area contributed by atoms with Gasteiger partial charge in [0.2, 0.25) is 0 Å². The Morgan fingerprint density at radius 3 is 2.35 bits per heavy atom. The van der Waals surface area contributed by atoms with E-state index in [9.17, 15) is 18.0 Å². The smallest absolute Gasteiger partial charge is 0.353 e. The zero-order valence-electron chi connectivity index (χ0n) is 13.4. The van der Waals surface area contributed by atoms with E-state index in [4.69, 9.17) is 11.6 Å². The first-order chi connectivity index (χ1) is 12.3. The molecule has 1 fully saturated rings. The van der Waals surface area contributed by atoms with E-state index in [1.165, 1.54) is 6.07 Å². The minimum absolute atomic E-state index is 0.0837. The number of alkyl halides is 3. The van der Waals surface area contributed by atoms with Gasteiger partial charge in [0.25, 0.3) is 5.91 Å². The molecule has 1 aromatic carbocycles. The molecule has 1 aliphatic heterocycles. The maximum Gasteiger partial charge on any atom is 0.417 e. The number of piperazine rings is 1. The lowest BCUT2D eigenvalue weighted by Gasteiger charge is -2.35. The minimum atomic E-state index is -4.40. The van der Waals surface area contributed by atoms with Gasteiger partial charge in [-0.3, -0.25) is 4.79 Å². The molecule has 0 atom stereocenters. The molecule has 2 aromatic rings. The molecule has 1 aromatic heterocycles. The van der Waals surface area contributed by atoms with Gasteiger partial charge in [0.15, 0.2) is 0 Å². The van der Waals surface area contributed by atoms with Crippen LogP contribution in [0.3, 0.4) is 0 Å². The molecule has 4 nitrogen and oxygen atoms in total. The van der Waals surface area contributed by atoms with Crippen molar-refractivity contribution >= 4 is 45.9 Å². The van der Waals surface area contributed by atoms with E-state index < -0.39 is 11.7 Å². The number of benzene rings is 1. The lowest BCUT2D eigenvalue weighted by atomic mass is 10.2. The number of anilines is 1. The van der Waals surface area contributed by atoms with Gasteiger partial charge in [0.1, 0.15) is 5.82 Å². The van der Waals surface area contributed by atoms with Crippen LogP contribution in [0.2, 0.25) is 5.02 Å². The maximum atomic E-state index is 12.6. The molecular formula is C17H14ClF3IN3O. The summed E-state index contributed by atoms with van der Waals surface area (Å²) in [6.45, 7) is 1.96. The second-order valence-electron chi connectivity index (χ2n) is 5.81. The van der Waals surface area contributed by atoms with E-state index in [0.29, 0.717) is 42.6 Å². The van der Waals surface area contributed by atoms with Crippen molar-refractivity contribution in [1.29, 1.82) is 0 Å². The van der Waals surface area contributed by atoms with Crippen LogP contribution in [0.1, 0.15) is 15.9 Å². The first kappa shape index (κ1) is 19.2. The van der Waals surface area contributed by atoms with E-state index >= 15 is 0 Å². The predicted octanol–water partition coefficient (Wildman–Crippen LogP) is 4.32. The molecule has 9 heteroatoms. The Balaban J connectivity index is 1.63. The average Bonchev–Trinajstić information content (AvgIpc) is 2.63. The molecule has 1 amide bonds. The molecule has 0 radical (unpaired) electrons. The lowest BCUT2D eigenvalue weighted by Crippen LogP contribution is -2.49. The van der Waals surface area contributed by atoms with E-state index in [0.717, 1.165) is 15.8 Å². The topological polar surface area (TPSA) is 36.4 Å². The number of hydrogen-bond acceptors (Lipinski definition) is 3. The van der Waals surface area contributed by atoms with Crippen molar-refractivity contribution < 1.29 is 18.0 Å². The third-order valence-corrected chi connectivity index (χ3v) is 5.67. The summed E-state index contributed by atoms with van der Waals surface area (Å²) in [5.41, 5.74) is -0.202. The molecule has 0 N–H and O–H groups in total. The van der Waals surface area contributed by atoms with Gasteiger partial charge in [0.05, 0.1) is 10.6 Å². The van der Waals surface area contributed by atoms with Crippen LogP contribution in [0.5, 0.6) is 0 Å². The largest absolute Gasteiger partial charge is 0.417 e. The summed E-state index contributed by atoms with van der Waals surface area (Å²) in [6.07, 6.45) is -3.56. The van der Waals surface area contributed by atoms with Crippen LogP contribution in [0, 0.1) is 3.57 Å². The Hall–Kier alpha value is -1.55. The molecule has 0 unspecified atom stereocenters. The average molecular weight is 496 g/mol. The summed E-state index contributed by atoms with van der Waals surface area (Å²) < 4.78 is 38.6. The van der Waals surface area contributed by atoms with Gasteiger partial charge in [-0.15, -0.1) is 0 Å². The quantitative estimate of drug-likeness (QED) is 0.583. The van der Waals surface area contributed by atoms with Crippen molar-refractivity contribution in [2.24, 2.45) is 0 Å². The Labute approximate surface area is 167 Å². The fourth-order valence-corrected chi connectivity index (χ4v) is 3.32. The predicted molar refractivity (Wildman–Crippen MR) is 102 cm³/mol. The zero-order valence-corrected chi connectivity index (χ0v) is 16.3. The highest BCUT2D eigenvalue weighted by molar-refractivity contribution is 14.1. The van der Waals surface area contributed by atoms with Crippen LogP contribution in [0.25, 0.3) is 0 Å². The summed E-state index contributed by atoms with van der Waals surface area (Å²) in [5, 5.41) is 0.598. The number of carbonyl (C=O) groups is 1. The number of nitrogens with zero attached hydrogens (tertiary/aromatic N) is 3. The number of pyridine rings is 1. The Morgan fingerprint density at radius 1 is 1.12 bits per heavy atom. The molecule has 1 aliphatic rings. The highest BCUT2D eigenvalue weighted by Gasteiger charge is 2.31. The third kappa shape index (κ3) is 4.22. The van der Waals surface area contributed by atoms with Gasteiger partial charge in [-0.2, -0.15) is 13.2 Å². The molecule has 0 spiro atoms.